The number of aromatic nitrogens is 2. The first-order valence-corrected chi connectivity index (χ1v) is 9.49. The molecule has 2 heterocycles. The molecule has 0 bridgehead atoms. The molecule has 0 spiro atoms. The van der Waals surface area contributed by atoms with Crippen LogP contribution < -0.4 is 0 Å². The molecular weight excluding hydrogens is 392 g/mol. The highest BCUT2D eigenvalue weighted by atomic mass is 35.5. The number of hydrogen-bond acceptors (Lipinski definition) is 6. The summed E-state index contributed by atoms with van der Waals surface area (Å²) < 4.78 is 5.32. The van der Waals surface area contributed by atoms with Gasteiger partial charge in [-0.05, 0) is 30.7 Å². The van der Waals surface area contributed by atoms with Gasteiger partial charge in [-0.3, -0.25) is 4.79 Å². The van der Waals surface area contributed by atoms with Gasteiger partial charge in [-0.15, -0.1) is 0 Å². The number of benzene rings is 2. The number of carbonyl (C=O) groups excluding carboxylic acids is 1. The van der Waals surface area contributed by atoms with Gasteiger partial charge in [0.1, 0.15) is 13.2 Å². The lowest BCUT2D eigenvalue weighted by Crippen LogP contribution is -2.31. The standard InChI is InChI=1S/C21H19ClN4O3/c1-13-23-20(29-24-13)19-11-16(25-28-2)12-26(19)21(27)15-9-7-14(8-10-15)17-5-3-4-6-18(17)22/h3-10,19H,11-12H2,1-2H3. The minimum atomic E-state index is -0.374. The molecule has 1 unspecified atom stereocenters. The fourth-order valence-electron chi connectivity index (χ4n) is 3.44. The highest BCUT2D eigenvalue weighted by Crippen LogP contribution is 2.32. The van der Waals surface area contributed by atoms with Crippen molar-refractivity contribution in [2.75, 3.05) is 13.7 Å². The molecule has 0 aliphatic carbocycles. The maximum Gasteiger partial charge on any atom is 0.254 e. The number of carbonyl (C=O) groups is 1. The Morgan fingerprint density at radius 3 is 2.66 bits per heavy atom. The summed E-state index contributed by atoms with van der Waals surface area (Å²) in [6.07, 6.45) is 0.485. The minimum Gasteiger partial charge on any atom is -0.399 e. The van der Waals surface area contributed by atoms with E-state index in [9.17, 15) is 4.79 Å². The van der Waals surface area contributed by atoms with Crippen molar-refractivity contribution in [1.82, 2.24) is 15.0 Å². The molecule has 0 saturated carbocycles. The van der Waals surface area contributed by atoms with Crippen molar-refractivity contribution in [3.63, 3.8) is 0 Å². The molecule has 4 rings (SSSR count). The molecule has 0 radical (unpaired) electrons. The molecule has 29 heavy (non-hydrogen) atoms. The second-order valence-electron chi connectivity index (χ2n) is 6.73. The van der Waals surface area contributed by atoms with Crippen LogP contribution in [0.1, 0.15) is 34.5 Å². The van der Waals surface area contributed by atoms with Crippen LogP contribution in [0.2, 0.25) is 5.02 Å². The Labute approximate surface area is 172 Å². The van der Waals surface area contributed by atoms with Gasteiger partial charge in [0.25, 0.3) is 5.91 Å². The van der Waals surface area contributed by atoms with Crippen molar-refractivity contribution in [1.29, 1.82) is 0 Å². The molecule has 1 aliphatic heterocycles. The van der Waals surface area contributed by atoms with Crippen LogP contribution in [0.3, 0.4) is 0 Å². The number of rotatable bonds is 4. The lowest BCUT2D eigenvalue weighted by molar-refractivity contribution is 0.0713. The molecule has 7 nitrogen and oxygen atoms in total. The van der Waals surface area contributed by atoms with E-state index in [0.717, 1.165) is 16.8 Å². The quantitative estimate of drug-likeness (QED) is 0.599. The molecular formula is C21H19ClN4O3. The predicted octanol–water partition coefficient (Wildman–Crippen LogP) is 4.29. The third kappa shape index (κ3) is 3.86. The Morgan fingerprint density at radius 2 is 2.00 bits per heavy atom. The summed E-state index contributed by atoms with van der Waals surface area (Å²) in [7, 11) is 1.48. The Morgan fingerprint density at radius 1 is 1.24 bits per heavy atom. The van der Waals surface area contributed by atoms with E-state index >= 15 is 0 Å². The first kappa shape index (κ1) is 19.1. The fourth-order valence-corrected chi connectivity index (χ4v) is 3.68. The van der Waals surface area contributed by atoms with Crippen molar-refractivity contribution >= 4 is 23.2 Å². The van der Waals surface area contributed by atoms with E-state index in [-0.39, 0.29) is 11.9 Å². The van der Waals surface area contributed by atoms with E-state index in [4.69, 9.17) is 21.0 Å². The normalized spacial score (nSPS) is 17.7. The third-order valence-corrected chi connectivity index (χ3v) is 5.11. The zero-order chi connectivity index (χ0) is 20.4. The molecule has 1 atom stereocenters. The van der Waals surface area contributed by atoms with Gasteiger partial charge >= 0.3 is 0 Å². The second-order valence-corrected chi connectivity index (χ2v) is 7.14. The first-order chi connectivity index (χ1) is 14.1. The zero-order valence-electron chi connectivity index (χ0n) is 16.0. The topological polar surface area (TPSA) is 80.8 Å². The van der Waals surface area contributed by atoms with E-state index in [1.54, 1.807) is 24.0 Å². The molecule has 148 valence electrons. The average Bonchev–Trinajstić information content (AvgIpc) is 3.34. The molecule has 1 aliphatic rings. The maximum absolute atomic E-state index is 13.2. The third-order valence-electron chi connectivity index (χ3n) is 4.78. The number of nitrogens with zero attached hydrogens (tertiary/aromatic N) is 4. The second kappa shape index (κ2) is 8.05. The molecule has 2 aromatic carbocycles. The number of hydrogen-bond donors (Lipinski definition) is 0. The maximum atomic E-state index is 13.2. The molecule has 3 aromatic rings. The molecule has 1 aromatic heterocycles. The fraction of sp³-hybridized carbons (Fsp3) is 0.238. The van der Waals surface area contributed by atoms with Crippen molar-refractivity contribution in [3.8, 4) is 11.1 Å². The smallest absolute Gasteiger partial charge is 0.254 e. The van der Waals surface area contributed by atoms with Crippen molar-refractivity contribution < 1.29 is 14.2 Å². The van der Waals surface area contributed by atoms with Gasteiger partial charge < -0.3 is 14.3 Å². The first-order valence-electron chi connectivity index (χ1n) is 9.12. The van der Waals surface area contributed by atoms with Crippen LogP contribution in [0.15, 0.2) is 58.2 Å². The minimum absolute atomic E-state index is 0.141. The van der Waals surface area contributed by atoms with E-state index < -0.39 is 0 Å². The number of likely N-dealkylation sites (tertiary alicyclic amines) is 1. The summed E-state index contributed by atoms with van der Waals surface area (Å²) in [5.74, 6) is 0.774. The van der Waals surface area contributed by atoms with Crippen molar-refractivity contribution in [2.24, 2.45) is 5.16 Å². The summed E-state index contributed by atoms with van der Waals surface area (Å²) in [6.45, 7) is 2.08. The van der Waals surface area contributed by atoms with E-state index in [1.807, 2.05) is 36.4 Å². The van der Waals surface area contributed by atoms with Gasteiger partial charge in [0.2, 0.25) is 5.89 Å². The van der Waals surface area contributed by atoms with Crippen LogP contribution in [0, 0.1) is 6.92 Å². The monoisotopic (exact) mass is 410 g/mol. The Balaban J connectivity index is 1.61. The van der Waals surface area contributed by atoms with Crippen LogP contribution in [0.4, 0.5) is 0 Å². The summed E-state index contributed by atoms with van der Waals surface area (Å²) in [4.78, 5) is 24.1. The largest absolute Gasteiger partial charge is 0.399 e. The number of amides is 1. The zero-order valence-corrected chi connectivity index (χ0v) is 16.8. The van der Waals surface area contributed by atoms with Crippen molar-refractivity contribution in [3.05, 3.63) is 70.8 Å². The van der Waals surface area contributed by atoms with Crippen LogP contribution in [0.25, 0.3) is 11.1 Å². The Hall–Kier alpha value is -3.19. The van der Waals surface area contributed by atoms with E-state index in [2.05, 4.69) is 15.3 Å². The summed E-state index contributed by atoms with van der Waals surface area (Å²) in [6, 6.07) is 14.6. The van der Waals surface area contributed by atoms with E-state index in [1.165, 1.54) is 7.11 Å². The van der Waals surface area contributed by atoms with Gasteiger partial charge in [-0.2, -0.15) is 4.98 Å². The van der Waals surface area contributed by atoms with Crippen molar-refractivity contribution in [2.45, 2.75) is 19.4 Å². The summed E-state index contributed by atoms with van der Waals surface area (Å²) >= 11 is 6.28. The Bertz CT molecular complexity index is 1060. The van der Waals surface area contributed by atoms with Crippen LogP contribution in [0.5, 0.6) is 0 Å². The predicted molar refractivity (Wildman–Crippen MR) is 109 cm³/mol. The Kier molecular flexibility index (Phi) is 5.31. The van der Waals surface area contributed by atoms with Crippen LogP contribution in [-0.4, -0.2) is 40.3 Å². The number of oxime groups is 1. The average molecular weight is 411 g/mol. The van der Waals surface area contributed by atoms with Crippen LogP contribution in [-0.2, 0) is 4.84 Å². The lowest BCUT2D eigenvalue weighted by Gasteiger charge is -2.21. The van der Waals surface area contributed by atoms with Gasteiger partial charge in [-0.25, -0.2) is 0 Å². The molecule has 1 fully saturated rings. The molecule has 8 heteroatoms. The number of aryl methyl sites for hydroxylation is 1. The highest BCUT2D eigenvalue weighted by molar-refractivity contribution is 6.33. The van der Waals surface area contributed by atoms with Gasteiger partial charge in [0, 0.05) is 22.6 Å². The van der Waals surface area contributed by atoms with Gasteiger partial charge in [-0.1, -0.05) is 52.2 Å². The van der Waals surface area contributed by atoms with Gasteiger partial charge in [0.05, 0.1) is 12.3 Å². The van der Waals surface area contributed by atoms with Crippen LogP contribution >= 0.6 is 11.6 Å². The lowest BCUT2D eigenvalue weighted by atomic mass is 10.0. The summed E-state index contributed by atoms with van der Waals surface area (Å²) in [5, 5.41) is 8.52. The molecule has 0 N–H and O–H groups in total. The highest BCUT2D eigenvalue weighted by Gasteiger charge is 2.38. The van der Waals surface area contributed by atoms with E-state index in [0.29, 0.717) is 35.3 Å². The summed E-state index contributed by atoms with van der Waals surface area (Å²) in [5.41, 5.74) is 3.16. The molecule has 1 amide bonds. The molecule has 1 saturated heterocycles. The van der Waals surface area contributed by atoms with Gasteiger partial charge in [0.15, 0.2) is 5.82 Å². The SMILES string of the molecule is CON=C1CC(c2nc(C)no2)N(C(=O)c2ccc(-c3ccccc3Cl)cc2)C1. The number of halogens is 1.